The minimum absolute atomic E-state index is 0.0202. The highest BCUT2D eigenvalue weighted by atomic mass is 16.8. The molecular weight excluding hydrogens is 836 g/mol. The summed E-state index contributed by atoms with van der Waals surface area (Å²) in [5.74, 6) is -0.536. The molecule has 17 heteroatoms. The van der Waals surface area contributed by atoms with Gasteiger partial charge in [0.05, 0.1) is 36.9 Å². The summed E-state index contributed by atoms with van der Waals surface area (Å²) in [5, 5.41) is 109. The second-order valence-electron chi connectivity index (χ2n) is 23.2. The first-order valence-corrected chi connectivity index (χ1v) is 23.7. The molecule has 8 rings (SSSR count). The quantitative estimate of drug-likeness (QED) is 0.122. The second kappa shape index (κ2) is 16.9. The Morgan fingerprint density at radius 3 is 2.03 bits per heavy atom. The van der Waals surface area contributed by atoms with E-state index in [1.54, 1.807) is 0 Å². The zero-order valence-corrected chi connectivity index (χ0v) is 38.7. The molecule has 0 amide bonds. The average Bonchev–Trinajstić information content (AvgIpc) is 3.22. The molecule has 17 nitrogen and oxygen atoms in total. The van der Waals surface area contributed by atoms with Gasteiger partial charge in [-0.05, 0) is 110 Å². The van der Waals surface area contributed by atoms with Crippen molar-refractivity contribution in [3.05, 3.63) is 11.6 Å². The number of carboxylic acids is 1. The molecule has 0 aromatic heterocycles. The zero-order chi connectivity index (χ0) is 46.9. The highest BCUT2D eigenvalue weighted by Gasteiger charge is 2.71. The largest absolute Gasteiger partial charge is 0.481 e. The van der Waals surface area contributed by atoms with E-state index in [0.717, 1.165) is 38.5 Å². The summed E-state index contributed by atoms with van der Waals surface area (Å²) >= 11 is 0. The van der Waals surface area contributed by atoms with Crippen LogP contribution in [0.2, 0.25) is 0 Å². The van der Waals surface area contributed by atoms with E-state index in [9.17, 15) is 55.9 Å². The Bertz CT molecular complexity index is 1760. The van der Waals surface area contributed by atoms with Gasteiger partial charge in [0.15, 0.2) is 18.9 Å². The fourth-order valence-electron chi connectivity index (χ4n) is 15.0. The lowest BCUT2D eigenvalue weighted by molar-refractivity contribution is -0.393. The summed E-state index contributed by atoms with van der Waals surface area (Å²) in [6.45, 7) is 16.0. The van der Waals surface area contributed by atoms with E-state index >= 15 is 0 Å². The normalized spacial score (nSPS) is 54.6. The van der Waals surface area contributed by atoms with Crippen molar-refractivity contribution in [2.45, 2.75) is 211 Å². The van der Waals surface area contributed by atoms with Gasteiger partial charge in [0.2, 0.25) is 0 Å². The monoisotopic (exact) mass is 913 g/mol. The van der Waals surface area contributed by atoms with Crippen LogP contribution in [-0.4, -0.2) is 168 Å². The van der Waals surface area contributed by atoms with Crippen LogP contribution in [0.3, 0.4) is 0 Å². The van der Waals surface area contributed by atoms with Crippen LogP contribution in [0.1, 0.15) is 113 Å². The third-order valence-corrected chi connectivity index (χ3v) is 18.9. The number of carbonyl (C=O) groups is 1. The van der Waals surface area contributed by atoms with Gasteiger partial charge in [-0.3, -0.25) is 4.79 Å². The van der Waals surface area contributed by atoms with Crippen LogP contribution >= 0.6 is 0 Å². The van der Waals surface area contributed by atoms with Crippen molar-refractivity contribution in [2.75, 3.05) is 13.2 Å². The number of aliphatic hydroxyl groups is 9. The van der Waals surface area contributed by atoms with Gasteiger partial charge >= 0.3 is 5.97 Å². The molecular formula is C47H76O17. The molecule has 0 spiro atoms. The van der Waals surface area contributed by atoms with Crippen LogP contribution < -0.4 is 0 Å². The Morgan fingerprint density at radius 1 is 0.703 bits per heavy atom. The molecule has 10 N–H and O–H groups in total. The number of rotatable bonds is 8. The number of fused-ring (bicyclic) bond motifs is 7. The van der Waals surface area contributed by atoms with Crippen molar-refractivity contribution < 1.29 is 84.3 Å². The SMILES string of the molecule is C[C@H]1O[C@@H](O[C@H]2[C@H](O)[C@@H](O[C@@H]3OC[C@@H](O)[C@H](O)[C@H]3O)[C@H](O[C@H]3[C@H](O)C[C@]4(C)[C@H]5CC=C6[C@@H]7CC(C)(C)CC[C@]7(C(=O)O)CC[C@@]6(C)[C@]5(C)CC[C@H]4C3(C)C)O[C@@H]2CO)[C@@H](O)[C@@H](O)[C@@H]1O. The van der Waals surface area contributed by atoms with E-state index in [2.05, 4.69) is 54.5 Å². The molecule has 7 fully saturated rings. The minimum Gasteiger partial charge on any atom is -0.481 e. The van der Waals surface area contributed by atoms with Gasteiger partial charge in [-0.2, -0.15) is 0 Å². The van der Waals surface area contributed by atoms with Gasteiger partial charge in [-0.1, -0.05) is 60.1 Å². The first kappa shape index (κ1) is 49.0. The van der Waals surface area contributed by atoms with Crippen molar-refractivity contribution >= 4 is 5.97 Å². The molecule has 64 heavy (non-hydrogen) atoms. The van der Waals surface area contributed by atoms with Gasteiger partial charge < -0.3 is 79.5 Å². The summed E-state index contributed by atoms with van der Waals surface area (Å²) in [6.07, 6.45) is -14.6. The Morgan fingerprint density at radius 2 is 1.36 bits per heavy atom. The van der Waals surface area contributed by atoms with Gasteiger partial charge in [0.25, 0.3) is 0 Å². The fraction of sp³-hybridized carbons (Fsp3) is 0.936. The molecule has 5 aliphatic carbocycles. The summed E-state index contributed by atoms with van der Waals surface area (Å²) in [5.41, 5.74) is -0.931. The molecule has 0 radical (unpaired) electrons. The standard InChI is InChI=1S/C47H76O17/c1-21-29(51)31(53)33(55)39(60-21)62-35-26(19-48)61-40(36(34(35)56)63-38-32(54)30(52)25(50)20-59-38)64-37-24(49)18-44(6)27(43(37,4)5)11-12-46(8)28(44)10-9-22-23-17-42(2,3)13-15-47(23,41(57)58)16-14-45(22,46)7/h9,21,23-40,48-56H,10-20H2,1-8H3,(H,57,58)/t21-,23+,24-,25-,26-,27+,28-,29-,30+,31+,32-,33+,34+,35-,36-,37+,38+,39+,40+,44+,45-,46-,47+/m1/s1. The van der Waals surface area contributed by atoms with Gasteiger partial charge in [-0.15, -0.1) is 0 Å². The summed E-state index contributed by atoms with van der Waals surface area (Å²) in [4.78, 5) is 13.2. The number of hydrogen-bond donors (Lipinski definition) is 10. The molecule has 4 saturated carbocycles. The predicted octanol–water partition coefficient (Wildman–Crippen LogP) is 1.34. The van der Waals surface area contributed by atoms with Gasteiger partial charge in [0, 0.05) is 0 Å². The number of aliphatic carboxylic acids is 1. The number of aliphatic hydroxyl groups excluding tert-OH is 9. The van der Waals surface area contributed by atoms with E-state index in [1.165, 1.54) is 12.5 Å². The van der Waals surface area contributed by atoms with E-state index in [0.29, 0.717) is 19.3 Å². The molecule has 0 aromatic carbocycles. The van der Waals surface area contributed by atoms with Crippen LogP contribution in [0.4, 0.5) is 0 Å². The smallest absolute Gasteiger partial charge is 0.310 e. The van der Waals surface area contributed by atoms with Gasteiger partial charge in [0.1, 0.15) is 61.0 Å². The number of ether oxygens (including phenoxy) is 6. The number of allylic oxidation sites excluding steroid dienone is 2. The van der Waals surface area contributed by atoms with Crippen LogP contribution in [0, 0.1) is 50.2 Å². The van der Waals surface area contributed by atoms with Crippen LogP contribution in [0.15, 0.2) is 11.6 Å². The van der Waals surface area contributed by atoms with E-state index in [1.807, 2.05) is 0 Å². The summed E-state index contributed by atoms with van der Waals surface area (Å²) in [7, 11) is 0. The van der Waals surface area contributed by atoms with E-state index in [4.69, 9.17) is 28.4 Å². The molecule has 3 aliphatic heterocycles. The Kier molecular flexibility index (Phi) is 13.0. The lowest BCUT2D eigenvalue weighted by Crippen LogP contribution is -2.69. The predicted molar refractivity (Wildman–Crippen MR) is 225 cm³/mol. The minimum atomic E-state index is -1.78. The molecule has 3 saturated heterocycles. The Balaban J connectivity index is 1.08. The maximum absolute atomic E-state index is 13.2. The van der Waals surface area contributed by atoms with E-state index in [-0.39, 0.29) is 39.4 Å². The Hall–Kier alpha value is -1.39. The third-order valence-electron chi connectivity index (χ3n) is 18.9. The summed E-state index contributed by atoms with van der Waals surface area (Å²) < 4.78 is 36.5. The van der Waals surface area contributed by atoms with Crippen molar-refractivity contribution in [1.29, 1.82) is 0 Å². The molecule has 0 bridgehead atoms. The lowest BCUT2D eigenvalue weighted by Gasteiger charge is -2.71. The molecule has 0 unspecified atom stereocenters. The maximum atomic E-state index is 13.2. The highest BCUT2D eigenvalue weighted by molar-refractivity contribution is 5.76. The van der Waals surface area contributed by atoms with Crippen LogP contribution in [0.25, 0.3) is 0 Å². The highest BCUT2D eigenvalue weighted by Crippen LogP contribution is 2.76. The maximum Gasteiger partial charge on any atom is 0.310 e. The number of hydrogen-bond acceptors (Lipinski definition) is 16. The first-order valence-electron chi connectivity index (χ1n) is 23.7. The topological polar surface area (TPSA) is 275 Å². The molecule has 23 atom stereocenters. The van der Waals surface area contributed by atoms with Crippen LogP contribution in [0.5, 0.6) is 0 Å². The van der Waals surface area contributed by atoms with Crippen molar-refractivity contribution in [3.8, 4) is 0 Å². The molecule has 0 aromatic rings. The first-order chi connectivity index (χ1) is 29.8. The molecule has 8 aliphatic rings. The molecule has 366 valence electrons. The number of carboxylic acid groups (broad SMARTS) is 1. The Labute approximate surface area is 376 Å². The summed E-state index contributed by atoms with van der Waals surface area (Å²) in [6, 6.07) is 0. The van der Waals surface area contributed by atoms with Crippen LogP contribution in [-0.2, 0) is 33.2 Å². The van der Waals surface area contributed by atoms with Gasteiger partial charge in [-0.25, -0.2) is 0 Å². The van der Waals surface area contributed by atoms with Crippen molar-refractivity contribution in [1.82, 2.24) is 0 Å². The van der Waals surface area contributed by atoms with Crippen molar-refractivity contribution in [2.24, 2.45) is 50.2 Å². The second-order valence-corrected chi connectivity index (χ2v) is 23.2. The molecule has 3 heterocycles. The average molecular weight is 913 g/mol. The fourth-order valence-corrected chi connectivity index (χ4v) is 15.0. The van der Waals surface area contributed by atoms with Crippen molar-refractivity contribution in [3.63, 3.8) is 0 Å². The zero-order valence-electron chi connectivity index (χ0n) is 38.7. The lowest BCUT2D eigenvalue weighted by atomic mass is 9.33. The van der Waals surface area contributed by atoms with E-state index < -0.39 is 128 Å². The third kappa shape index (κ3) is 7.49.